The van der Waals surface area contributed by atoms with Crippen molar-refractivity contribution in [3.63, 3.8) is 0 Å². The van der Waals surface area contributed by atoms with Crippen molar-refractivity contribution < 1.29 is 13.2 Å². The van der Waals surface area contributed by atoms with E-state index >= 15 is 0 Å². The molecule has 0 aromatic heterocycles. The summed E-state index contributed by atoms with van der Waals surface area (Å²) in [5, 5.41) is -0.880. The van der Waals surface area contributed by atoms with Gasteiger partial charge >= 0.3 is 6.18 Å². The van der Waals surface area contributed by atoms with Gasteiger partial charge in [0.1, 0.15) is 6.67 Å². The van der Waals surface area contributed by atoms with Gasteiger partial charge in [0, 0.05) is 0 Å². The van der Waals surface area contributed by atoms with Gasteiger partial charge in [-0.15, -0.1) is 0 Å². The number of rotatable bonds is 0. The van der Waals surface area contributed by atoms with Gasteiger partial charge in [-0.3, -0.25) is 10.8 Å². The zero-order valence-corrected chi connectivity index (χ0v) is 5.54. The molecule has 7 heteroatoms. The van der Waals surface area contributed by atoms with Gasteiger partial charge < -0.3 is 0 Å². The van der Waals surface area contributed by atoms with Gasteiger partial charge in [-0.05, 0) is 11.9 Å². The highest BCUT2D eigenvalue weighted by molar-refractivity contribution is 8.12. The molecular formula is C3H4F3N3S. The maximum Gasteiger partial charge on any atom is 0.440 e. The zero-order valence-electron chi connectivity index (χ0n) is 4.72. The molecule has 0 saturated carbocycles. The molecule has 58 valence electrons. The van der Waals surface area contributed by atoms with Crippen molar-refractivity contribution >= 4 is 17.0 Å². The topological polar surface area (TPSA) is 41.6 Å². The SMILES string of the molecule is NN1CN=C(C(F)(F)F)S1. The van der Waals surface area contributed by atoms with Crippen molar-refractivity contribution in [1.29, 1.82) is 0 Å². The second kappa shape index (κ2) is 2.40. The average Bonchev–Trinajstić information content (AvgIpc) is 2.11. The molecule has 2 N–H and O–H groups in total. The van der Waals surface area contributed by atoms with Crippen LogP contribution in [0.15, 0.2) is 4.99 Å². The zero-order chi connectivity index (χ0) is 7.78. The summed E-state index contributed by atoms with van der Waals surface area (Å²) in [6, 6.07) is 0. The van der Waals surface area contributed by atoms with Crippen LogP contribution in [-0.2, 0) is 0 Å². The molecule has 0 unspecified atom stereocenters. The van der Waals surface area contributed by atoms with Crippen molar-refractivity contribution in [1.82, 2.24) is 4.41 Å². The third-order valence-electron chi connectivity index (χ3n) is 0.800. The molecule has 0 fully saturated rings. The molecule has 0 aromatic rings. The summed E-state index contributed by atoms with van der Waals surface area (Å²) < 4.78 is 36.0. The molecule has 0 amide bonds. The van der Waals surface area contributed by atoms with E-state index in [1.165, 1.54) is 0 Å². The van der Waals surface area contributed by atoms with Crippen LogP contribution in [0.2, 0.25) is 0 Å². The van der Waals surface area contributed by atoms with Crippen molar-refractivity contribution in [2.24, 2.45) is 10.8 Å². The molecule has 0 aromatic carbocycles. The lowest BCUT2D eigenvalue weighted by atomic mass is 10.7. The lowest BCUT2D eigenvalue weighted by molar-refractivity contribution is -0.0554. The molecule has 1 aliphatic heterocycles. The second-order valence-corrected chi connectivity index (χ2v) is 2.65. The third kappa shape index (κ3) is 1.61. The molecule has 0 spiro atoms. The van der Waals surface area contributed by atoms with Gasteiger partial charge in [-0.25, -0.2) is 0 Å². The third-order valence-corrected chi connectivity index (χ3v) is 1.68. The smallest absolute Gasteiger partial charge is 0.257 e. The lowest BCUT2D eigenvalue weighted by Gasteiger charge is -2.05. The van der Waals surface area contributed by atoms with Crippen molar-refractivity contribution in [3.8, 4) is 0 Å². The highest BCUT2D eigenvalue weighted by Gasteiger charge is 2.39. The highest BCUT2D eigenvalue weighted by atomic mass is 32.2. The Hall–Kier alpha value is -0.270. The number of hydrogen-bond acceptors (Lipinski definition) is 4. The van der Waals surface area contributed by atoms with Gasteiger partial charge in [0.15, 0.2) is 5.04 Å². The first kappa shape index (κ1) is 7.83. The lowest BCUT2D eigenvalue weighted by Crippen LogP contribution is -2.23. The summed E-state index contributed by atoms with van der Waals surface area (Å²) in [6.07, 6.45) is -4.35. The Bertz CT molecular complexity index is 165. The normalized spacial score (nSPS) is 21.4. The van der Waals surface area contributed by atoms with E-state index in [9.17, 15) is 13.2 Å². The summed E-state index contributed by atoms with van der Waals surface area (Å²) >= 11 is 0.409. The predicted molar refractivity (Wildman–Crippen MR) is 32.0 cm³/mol. The van der Waals surface area contributed by atoms with Gasteiger partial charge in [0.05, 0.1) is 0 Å². The fourth-order valence-corrected chi connectivity index (χ4v) is 1.00. The van der Waals surface area contributed by atoms with Crippen molar-refractivity contribution in [2.45, 2.75) is 6.18 Å². The molecule has 0 radical (unpaired) electrons. The van der Waals surface area contributed by atoms with Gasteiger partial charge in [-0.2, -0.15) is 17.6 Å². The van der Waals surface area contributed by atoms with E-state index in [1.54, 1.807) is 0 Å². The Morgan fingerprint density at radius 3 is 2.40 bits per heavy atom. The van der Waals surface area contributed by atoms with Crippen LogP contribution < -0.4 is 5.84 Å². The molecule has 1 heterocycles. The molecule has 1 rings (SSSR count). The summed E-state index contributed by atoms with van der Waals surface area (Å²) in [6.45, 7) is -0.0977. The summed E-state index contributed by atoms with van der Waals surface area (Å²) in [5.74, 6) is 5.00. The van der Waals surface area contributed by atoms with E-state index in [0.29, 0.717) is 11.9 Å². The van der Waals surface area contributed by atoms with E-state index in [4.69, 9.17) is 5.84 Å². The highest BCUT2D eigenvalue weighted by Crippen LogP contribution is 2.29. The predicted octanol–water partition coefficient (Wildman–Crippen LogP) is 0.742. The molecule has 0 aliphatic carbocycles. The van der Waals surface area contributed by atoms with Crippen molar-refractivity contribution in [3.05, 3.63) is 0 Å². The quantitative estimate of drug-likeness (QED) is 0.431. The standard InChI is InChI=1S/C3H4F3N3S/c4-3(5,6)2-8-1-9(7)10-2/h1,7H2. The van der Waals surface area contributed by atoms with Crippen LogP contribution in [0.5, 0.6) is 0 Å². The number of nitrogens with zero attached hydrogens (tertiary/aromatic N) is 2. The number of hydrazine groups is 1. The molecule has 3 nitrogen and oxygen atoms in total. The maximum atomic E-state index is 11.7. The minimum absolute atomic E-state index is 0.0977. The first-order valence-corrected chi connectivity index (χ1v) is 3.09. The average molecular weight is 171 g/mol. The number of nitrogens with two attached hydrogens (primary N) is 1. The Morgan fingerprint density at radius 1 is 1.60 bits per heavy atom. The number of halogens is 3. The van der Waals surface area contributed by atoms with E-state index in [-0.39, 0.29) is 6.67 Å². The maximum absolute atomic E-state index is 11.7. The Morgan fingerprint density at radius 2 is 2.20 bits per heavy atom. The minimum Gasteiger partial charge on any atom is -0.257 e. The molecule has 0 atom stereocenters. The first-order valence-electron chi connectivity index (χ1n) is 2.32. The first-order chi connectivity index (χ1) is 4.50. The Kier molecular flexibility index (Phi) is 1.88. The van der Waals surface area contributed by atoms with Crippen LogP contribution in [0.1, 0.15) is 0 Å². The number of aliphatic imine (C=N–C) groups is 1. The summed E-state index contributed by atoms with van der Waals surface area (Å²) in [5.41, 5.74) is 0. The second-order valence-electron chi connectivity index (χ2n) is 1.61. The van der Waals surface area contributed by atoms with E-state index in [2.05, 4.69) is 4.99 Å². The molecule has 0 bridgehead atoms. The molecule has 10 heavy (non-hydrogen) atoms. The van der Waals surface area contributed by atoms with Crippen molar-refractivity contribution in [2.75, 3.05) is 6.67 Å². The number of alkyl halides is 3. The van der Waals surface area contributed by atoms with E-state index in [1.807, 2.05) is 0 Å². The Balaban J connectivity index is 2.60. The molecule has 1 aliphatic rings. The van der Waals surface area contributed by atoms with Crippen LogP contribution in [-0.4, -0.2) is 22.3 Å². The fraction of sp³-hybridized carbons (Fsp3) is 0.667. The monoisotopic (exact) mass is 171 g/mol. The minimum atomic E-state index is -4.35. The fourth-order valence-electron chi connectivity index (χ4n) is 0.444. The van der Waals surface area contributed by atoms with Gasteiger partial charge in [-0.1, -0.05) is 0 Å². The Labute approximate surface area is 59.2 Å². The molecule has 0 saturated heterocycles. The van der Waals surface area contributed by atoms with E-state index in [0.717, 1.165) is 4.41 Å². The van der Waals surface area contributed by atoms with Crippen LogP contribution >= 0.6 is 11.9 Å². The van der Waals surface area contributed by atoms with Gasteiger partial charge in [0.25, 0.3) is 0 Å². The molecular weight excluding hydrogens is 167 g/mol. The largest absolute Gasteiger partial charge is 0.440 e. The van der Waals surface area contributed by atoms with Crippen LogP contribution in [0.3, 0.4) is 0 Å². The van der Waals surface area contributed by atoms with Crippen LogP contribution in [0, 0.1) is 0 Å². The van der Waals surface area contributed by atoms with Crippen LogP contribution in [0.25, 0.3) is 0 Å². The van der Waals surface area contributed by atoms with Crippen LogP contribution in [0.4, 0.5) is 13.2 Å². The van der Waals surface area contributed by atoms with Gasteiger partial charge in [0.2, 0.25) is 0 Å². The summed E-state index contributed by atoms with van der Waals surface area (Å²) in [4.78, 5) is 3.14. The summed E-state index contributed by atoms with van der Waals surface area (Å²) in [7, 11) is 0. The number of hydrogen-bond donors (Lipinski definition) is 1. The van der Waals surface area contributed by atoms with E-state index < -0.39 is 11.2 Å².